The van der Waals surface area contributed by atoms with E-state index >= 15 is 0 Å². The van der Waals surface area contributed by atoms with Crippen LogP contribution in [0.1, 0.15) is 45.6 Å². The zero-order chi connectivity index (χ0) is 16.8. The number of benzene rings is 1. The Kier molecular flexibility index (Phi) is 6.34. The SMILES string of the molecule is CCCC/C(=C/C(=O)N1C(=S)OC[C@@H]1C(C)C)c1ccccc1. The molecule has 0 N–H and O–H groups in total. The Morgan fingerprint density at radius 2 is 2.09 bits per heavy atom. The Bertz CT molecular complexity index is 580. The van der Waals surface area contributed by atoms with Crippen molar-refractivity contribution >= 4 is 28.9 Å². The second kappa shape index (κ2) is 8.25. The lowest BCUT2D eigenvalue weighted by Crippen LogP contribution is -2.40. The second-order valence-corrected chi connectivity index (χ2v) is 6.58. The first-order chi connectivity index (χ1) is 11.0. The van der Waals surface area contributed by atoms with Crippen molar-refractivity contribution in [2.24, 2.45) is 5.92 Å². The van der Waals surface area contributed by atoms with Crippen LogP contribution in [0, 0.1) is 5.92 Å². The molecule has 3 nitrogen and oxygen atoms in total. The van der Waals surface area contributed by atoms with Crippen LogP contribution < -0.4 is 0 Å². The van der Waals surface area contributed by atoms with E-state index in [1.54, 1.807) is 11.0 Å². The Morgan fingerprint density at radius 3 is 2.70 bits per heavy atom. The molecule has 4 heteroatoms. The molecule has 124 valence electrons. The molecule has 1 aromatic rings. The monoisotopic (exact) mass is 331 g/mol. The Morgan fingerprint density at radius 1 is 1.39 bits per heavy atom. The molecule has 0 spiro atoms. The van der Waals surface area contributed by atoms with Gasteiger partial charge in [-0.05, 0) is 42.1 Å². The first-order valence-corrected chi connectivity index (χ1v) is 8.71. The molecule has 1 aromatic carbocycles. The van der Waals surface area contributed by atoms with Gasteiger partial charge in [0.1, 0.15) is 6.61 Å². The van der Waals surface area contributed by atoms with Gasteiger partial charge >= 0.3 is 0 Å². The number of hydrogen-bond acceptors (Lipinski definition) is 3. The zero-order valence-corrected chi connectivity index (χ0v) is 14.9. The van der Waals surface area contributed by atoms with Gasteiger partial charge in [-0.25, -0.2) is 0 Å². The number of ether oxygens (including phenoxy) is 1. The molecule has 1 aliphatic heterocycles. The number of carbonyl (C=O) groups is 1. The third kappa shape index (κ3) is 4.41. The summed E-state index contributed by atoms with van der Waals surface area (Å²) in [5, 5.41) is 0.299. The fourth-order valence-electron chi connectivity index (χ4n) is 2.72. The van der Waals surface area contributed by atoms with E-state index in [0.29, 0.717) is 17.7 Å². The highest BCUT2D eigenvalue weighted by atomic mass is 32.1. The van der Waals surface area contributed by atoms with E-state index in [2.05, 4.69) is 20.8 Å². The smallest absolute Gasteiger partial charge is 0.266 e. The summed E-state index contributed by atoms with van der Waals surface area (Å²) in [4.78, 5) is 14.4. The van der Waals surface area contributed by atoms with E-state index in [-0.39, 0.29) is 11.9 Å². The number of carbonyl (C=O) groups excluding carboxylic acids is 1. The van der Waals surface area contributed by atoms with E-state index in [0.717, 1.165) is 30.4 Å². The third-order valence-electron chi connectivity index (χ3n) is 4.15. The Labute approximate surface area is 144 Å². The van der Waals surface area contributed by atoms with Crippen LogP contribution in [0.4, 0.5) is 0 Å². The molecule has 2 rings (SSSR count). The minimum Gasteiger partial charge on any atom is -0.468 e. The van der Waals surface area contributed by atoms with Gasteiger partial charge in [0, 0.05) is 6.08 Å². The fraction of sp³-hybridized carbons (Fsp3) is 0.474. The summed E-state index contributed by atoms with van der Waals surface area (Å²) in [5.41, 5.74) is 2.16. The molecule has 0 unspecified atom stereocenters. The van der Waals surface area contributed by atoms with Crippen LogP contribution in [0.3, 0.4) is 0 Å². The van der Waals surface area contributed by atoms with Gasteiger partial charge in [-0.15, -0.1) is 0 Å². The molecular weight excluding hydrogens is 306 g/mol. The number of amides is 1. The number of nitrogens with zero attached hydrogens (tertiary/aromatic N) is 1. The molecule has 0 aliphatic carbocycles. The second-order valence-electron chi connectivity index (χ2n) is 6.24. The molecule has 0 saturated carbocycles. The van der Waals surface area contributed by atoms with Crippen LogP contribution in [0.15, 0.2) is 36.4 Å². The maximum Gasteiger partial charge on any atom is 0.266 e. The fourth-order valence-corrected chi connectivity index (χ4v) is 3.01. The van der Waals surface area contributed by atoms with Crippen LogP contribution in [0.25, 0.3) is 5.57 Å². The predicted octanol–water partition coefficient (Wildman–Crippen LogP) is 4.43. The van der Waals surface area contributed by atoms with Crippen molar-refractivity contribution in [1.29, 1.82) is 0 Å². The molecular formula is C19H25NO2S. The third-order valence-corrected chi connectivity index (χ3v) is 4.47. The summed E-state index contributed by atoms with van der Waals surface area (Å²) in [5.74, 6) is 0.241. The van der Waals surface area contributed by atoms with Gasteiger partial charge < -0.3 is 4.74 Å². The molecule has 1 aliphatic rings. The molecule has 0 bridgehead atoms. The first-order valence-electron chi connectivity index (χ1n) is 8.30. The van der Waals surface area contributed by atoms with E-state index in [9.17, 15) is 4.79 Å². The normalized spacial score (nSPS) is 18.4. The lowest BCUT2D eigenvalue weighted by atomic mass is 9.99. The lowest BCUT2D eigenvalue weighted by Gasteiger charge is -2.23. The maximum absolute atomic E-state index is 12.8. The van der Waals surface area contributed by atoms with Gasteiger partial charge in [0.05, 0.1) is 6.04 Å². The molecule has 23 heavy (non-hydrogen) atoms. The van der Waals surface area contributed by atoms with Gasteiger partial charge in [-0.2, -0.15) is 0 Å². The highest BCUT2D eigenvalue weighted by Crippen LogP contribution is 2.24. The van der Waals surface area contributed by atoms with E-state index in [4.69, 9.17) is 17.0 Å². The van der Waals surface area contributed by atoms with Crippen molar-refractivity contribution in [2.45, 2.75) is 46.1 Å². The highest BCUT2D eigenvalue weighted by Gasteiger charge is 2.36. The van der Waals surface area contributed by atoms with Crippen LogP contribution in [-0.4, -0.2) is 28.6 Å². The maximum atomic E-state index is 12.8. The summed E-state index contributed by atoms with van der Waals surface area (Å²) < 4.78 is 5.44. The van der Waals surface area contributed by atoms with Crippen LogP contribution in [0.5, 0.6) is 0 Å². The van der Waals surface area contributed by atoms with Crippen molar-refractivity contribution in [3.63, 3.8) is 0 Å². The van der Waals surface area contributed by atoms with Crippen molar-refractivity contribution in [3.05, 3.63) is 42.0 Å². The van der Waals surface area contributed by atoms with E-state index in [1.165, 1.54) is 0 Å². The van der Waals surface area contributed by atoms with Gasteiger partial charge in [-0.3, -0.25) is 9.69 Å². The lowest BCUT2D eigenvalue weighted by molar-refractivity contribution is -0.123. The van der Waals surface area contributed by atoms with Crippen LogP contribution in [0.2, 0.25) is 0 Å². The minimum atomic E-state index is -0.0684. The summed E-state index contributed by atoms with van der Waals surface area (Å²) in [6, 6.07) is 10.1. The van der Waals surface area contributed by atoms with E-state index < -0.39 is 0 Å². The topological polar surface area (TPSA) is 29.5 Å². The average Bonchev–Trinajstić information content (AvgIpc) is 2.94. The molecule has 1 amide bonds. The molecule has 1 heterocycles. The van der Waals surface area contributed by atoms with Crippen molar-refractivity contribution < 1.29 is 9.53 Å². The van der Waals surface area contributed by atoms with Gasteiger partial charge in [0.2, 0.25) is 0 Å². The molecule has 1 fully saturated rings. The van der Waals surface area contributed by atoms with E-state index in [1.807, 2.05) is 30.3 Å². The summed E-state index contributed by atoms with van der Waals surface area (Å²) >= 11 is 5.22. The predicted molar refractivity (Wildman–Crippen MR) is 98.0 cm³/mol. The van der Waals surface area contributed by atoms with Crippen LogP contribution in [-0.2, 0) is 9.53 Å². The van der Waals surface area contributed by atoms with Crippen molar-refractivity contribution in [1.82, 2.24) is 4.90 Å². The minimum absolute atomic E-state index is 0.0226. The van der Waals surface area contributed by atoms with Gasteiger partial charge in [0.25, 0.3) is 11.1 Å². The molecule has 1 atom stereocenters. The van der Waals surface area contributed by atoms with Crippen molar-refractivity contribution in [3.8, 4) is 0 Å². The number of unbranched alkanes of at least 4 members (excludes halogenated alkanes) is 1. The molecule has 0 radical (unpaired) electrons. The zero-order valence-electron chi connectivity index (χ0n) is 14.1. The van der Waals surface area contributed by atoms with Crippen LogP contribution >= 0.6 is 12.2 Å². The quantitative estimate of drug-likeness (QED) is 0.570. The summed E-state index contributed by atoms with van der Waals surface area (Å²) in [6.45, 7) is 6.82. The number of allylic oxidation sites excluding steroid dienone is 1. The standard InChI is InChI=1S/C19H25NO2S/c1-4-5-9-16(15-10-7-6-8-11-15)12-18(21)20-17(14(2)3)13-22-19(20)23/h6-8,10-12,14,17H,4-5,9,13H2,1-3H3/b16-12-/t17-/m1/s1. The number of rotatable bonds is 6. The number of thiocarbonyl (C=S) groups is 1. The highest BCUT2D eigenvalue weighted by molar-refractivity contribution is 7.80. The number of hydrogen-bond donors (Lipinski definition) is 0. The molecule has 0 aromatic heterocycles. The Balaban J connectivity index is 2.26. The largest absolute Gasteiger partial charge is 0.468 e. The average molecular weight is 331 g/mol. The van der Waals surface area contributed by atoms with Crippen molar-refractivity contribution in [2.75, 3.05) is 6.61 Å². The van der Waals surface area contributed by atoms with Gasteiger partial charge in [-0.1, -0.05) is 57.5 Å². The summed E-state index contributed by atoms with van der Waals surface area (Å²) in [6.07, 6.45) is 4.78. The molecule has 1 saturated heterocycles. The Hall–Kier alpha value is -1.68. The van der Waals surface area contributed by atoms with Gasteiger partial charge in [0.15, 0.2) is 0 Å². The first kappa shape index (κ1) is 17.7. The summed E-state index contributed by atoms with van der Waals surface area (Å²) in [7, 11) is 0.